The van der Waals surface area contributed by atoms with E-state index in [1.54, 1.807) is 0 Å². The zero-order chi connectivity index (χ0) is 18.1. The van der Waals surface area contributed by atoms with Gasteiger partial charge in [0.2, 0.25) is 0 Å². The Kier molecular flexibility index (Phi) is 5.02. The second-order valence-electron chi connectivity index (χ2n) is 9.07. The van der Waals surface area contributed by atoms with E-state index in [9.17, 15) is 0 Å². The first-order chi connectivity index (χ1) is 13.3. The summed E-state index contributed by atoms with van der Waals surface area (Å²) in [6.45, 7) is 7.21. The molecule has 1 aromatic carbocycles. The lowest BCUT2D eigenvalue weighted by atomic mass is 9.83. The molecule has 4 aliphatic rings. The van der Waals surface area contributed by atoms with Gasteiger partial charge in [-0.1, -0.05) is 30.7 Å². The highest BCUT2D eigenvalue weighted by Gasteiger charge is 2.36. The van der Waals surface area contributed by atoms with Gasteiger partial charge in [-0.25, -0.2) is 0 Å². The average molecular weight is 365 g/mol. The van der Waals surface area contributed by atoms with Crippen LogP contribution in [0.4, 0.5) is 0 Å². The van der Waals surface area contributed by atoms with Crippen LogP contribution in [0.1, 0.15) is 43.2 Å². The predicted molar refractivity (Wildman–Crippen MR) is 108 cm³/mol. The third-order valence-electron chi connectivity index (χ3n) is 6.92. The van der Waals surface area contributed by atoms with Gasteiger partial charge < -0.3 is 0 Å². The van der Waals surface area contributed by atoms with Crippen molar-refractivity contribution in [2.45, 2.75) is 51.2 Å². The van der Waals surface area contributed by atoms with Gasteiger partial charge in [0.05, 0.1) is 6.54 Å². The lowest BCUT2D eigenvalue weighted by Crippen LogP contribution is -2.46. The third-order valence-corrected chi connectivity index (χ3v) is 6.92. The quantitative estimate of drug-likeness (QED) is 0.782. The van der Waals surface area contributed by atoms with Crippen molar-refractivity contribution in [1.82, 2.24) is 19.6 Å². The second-order valence-corrected chi connectivity index (χ2v) is 9.07. The summed E-state index contributed by atoms with van der Waals surface area (Å²) in [6, 6.07) is 11.9. The molecule has 4 fully saturated rings. The molecule has 0 radical (unpaired) electrons. The first-order valence-corrected chi connectivity index (χ1v) is 10.8. The minimum atomic E-state index is 0.789. The lowest BCUT2D eigenvalue weighted by Gasteiger charge is -2.40. The Bertz CT molecular complexity index is 737. The molecule has 2 bridgehead atoms. The topological polar surface area (TPSA) is 24.3 Å². The maximum Gasteiger partial charge on any atom is 0.0659 e. The molecule has 0 N–H and O–H groups in total. The van der Waals surface area contributed by atoms with Crippen molar-refractivity contribution in [3.63, 3.8) is 0 Å². The van der Waals surface area contributed by atoms with Gasteiger partial charge in [-0.05, 0) is 54.7 Å². The van der Waals surface area contributed by atoms with Crippen LogP contribution in [-0.4, -0.2) is 51.8 Å². The molecule has 144 valence electrons. The van der Waals surface area contributed by atoms with E-state index in [2.05, 4.69) is 39.2 Å². The molecule has 1 aliphatic carbocycles. The number of aromatic nitrogens is 2. The fourth-order valence-corrected chi connectivity index (χ4v) is 5.30. The lowest BCUT2D eigenvalue weighted by molar-refractivity contribution is 0.0891. The smallest absolute Gasteiger partial charge is 0.0659 e. The van der Waals surface area contributed by atoms with Crippen LogP contribution in [0.25, 0.3) is 0 Å². The Morgan fingerprint density at radius 3 is 2.59 bits per heavy atom. The zero-order valence-corrected chi connectivity index (χ0v) is 16.3. The van der Waals surface area contributed by atoms with Gasteiger partial charge in [0, 0.05) is 51.2 Å². The van der Waals surface area contributed by atoms with Gasteiger partial charge in [0.1, 0.15) is 0 Å². The largest absolute Gasteiger partial charge is 0.299 e. The van der Waals surface area contributed by atoms with Crippen LogP contribution in [-0.2, 0) is 13.1 Å². The molecule has 2 aromatic rings. The first-order valence-electron chi connectivity index (χ1n) is 10.8. The average Bonchev–Trinajstić information content (AvgIpc) is 2.99. The molecule has 6 rings (SSSR count). The molecule has 27 heavy (non-hydrogen) atoms. The number of rotatable bonds is 6. The van der Waals surface area contributed by atoms with E-state index in [-0.39, 0.29) is 0 Å². The van der Waals surface area contributed by atoms with Crippen molar-refractivity contribution in [2.75, 3.05) is 26.2 Å². The Balaban J connectivity index is 1.23. The molecular weight excluding hydrogens is 332 g/mol. The van der Waals surface area contributed by atoms with Crippen molar-refractivity contribution in [1.29, 1.82) is 0 Å². The second kappa shape index (κ2) is 7.76. The number of benzene rings is 1. The summed E-state index contributed by atoms with van der Waals surface area (Å²) >= 11 is 0. The van der Waals surface area contributed by atoms with Crippen molar-refractivity contribution in [3.8, 4) is 0 Å². The van der Waals surface area contributed by atoms with E-state index in [0.717, 1.165) is 31.0 Å². The maximum absolute atomic E-state index is 4.34. The van der Waals surface area contributed by atoms with Gasteiger partial charge in [-0.3, -0.25) is 14.5 Å². The van der Waals surface area contributed by atoms with Crippen LogP contribution in [0.15, 0.2) is 42.7 Å². The summed E-state index contributed by atoms with van der Waals surface area (Å²) < 4.78 is 2.00. The molecule has 4 nitrogen and oxygen atoms in total. The molecule has 1 saturated carbocycles. The fraction of sp³-hybridized carbons (Fsp3) is 0.609. The molecule has 2 atom stereocenters. The highest BCUT2D eigenvalue weighted by molar-refractivity contribution is 5.23. The SMILES string of the molecule is c1cc(CN2C[C@H]3CC[C@@H](C2)N(CC2CCC2)C3)cc(Cn2cccn2)c1. The van der Waals surface area contributed by atoms with Crippen LogP contribution in [0.2, 0.25) is 0 Å². The Morgan fingerprint density at radius 1 is 0.926 bits per heavy atom. The molecule has 0 amide bonds. The Labute approximate surface area is 163 Å². The summed E-state index contributed by atoms with van der Waals surface area (Å²) in [5, 5.41) is 4.34. The zero-order valence-electron chi connectivity index (χ0n) is 16.3. The molecule has 1 aromatic heterocycles. The van der Waals surface area contributed by atoms with Crippen molar-refractivity contribution in [3.05, 3.63) is 53.9 Å². The fourth-order valence-electron chi connectivity index (χ4n) is 5.30. The van der Waals surface area contributed by atoms with E-state index in [1.807, 2.05) is 23.1 Å². The van der Waals surface area contributed by atoms with E-state index in [0.29, 0.717) is 0 Å². The van der Waals surface area contributed by atoms with Crippen LogP contribution in [0.3, 0.4) is 0 Å². The van der Waals surface area contributed by atoms with Gasteiger partial charge >= 0.3 is 0 Å². The molecule has 4 heterocycles. The van der Waals surface area contributed by atoms with E-state index >= 15 is 0 Å². The molecule has 0 unspecified atom stereocenters. The Morgan fingerprint density at radius 2 is 1.81 bits per heavy atom. The monoisotopic (exact) mass is 364 g/mol. The molecule has 4 heteroatoms. The van der Waals surface area contributed by atoms with E-state index in [1.165, 1.54) is 69.4 Å². The van der Waals surface area contributed by atoms with Crippen molar-refractivity contribution in [2.24, 2.45) is 11.8 Å². The van der Waals surface area contributed by atoms with E-state index < -0.39 is 0 Å². The number of hydrogen-bond donors (Lipinski definition) is 0. The standard InChI is InChI=1S/C23H32N4/c1-4-19(5-1)15-26-16-22-8-9-23(26)18-25(14-22)13-20-6-2-7-21(12-20)17-27-11-3-10-24-27/h2-3,6-7,10-12,19,22-23H,1,4-5,8-9,13-18H2/t22-,23+/m1/s1. The molecular formula is C23H32N4. The minimum absolute atomic E-state index is 0.789. The molecule has 0 spiro atoms. The van der Waals surface area contributed by atoms with Crippen molar-refractivity contribution >= 4 is 0 Å². The van der Waals surface area contributed by atoms with Crippen LogP contribution in [0.5, 0.6) is 0 Å². The molecule has 3 aliphatic heterocycles. The number of piperidine rings is 1. The third kappa shape index (κ3) is 4.12. The van der Waals surface area contributed by atoms with Gasteiger partial charge in [-0.15, -0.1) is 0 Å². The summed E-state index contributed by atoms with van der Waals surface area (Å²) in [4.78, 5) is 5.59. The van der Waals surface area contributed by atoms with Crippen LogP contribution in [0, 0.1) is 11.8 Å². The normalized spacial score (nSPS) is 26.8. The minimum Gasteiger partial charge on any atom is -0.299 e. The molecule has 3 saturated heterocycles. The highest BCUT2D eigenvalue weighted by atomic mass is 15.3. The Hall–Kier alpha value is -1.65. The summed E-state index contributed by atoms with van der Waals surface area (Å²) in [5.74, 6) is 1.87. The van der Waals surface area contributed by atoms with Crippen LogP contribution >= 0.6 is 0 Å². The predicted octanol–water partition coefficient (Wildman–Crippen LogP) is 3.63. The number of hydrogen-bond acceptors (Lipinski definition) is 3. The summed E-state index contributed by atoms with van der Waals surface area (Å²) in [5.41, 5.74) is 2.80. The van der Waals surface area contributed by atoms with Crippen molar-refractivity contribution < 1.29 is 0 Å². The maximum atomic E-state index is 4.34. The van der Waals surface area contributed by atoms with Crippen LogP contribution < -0.4 is 0 Å². The number of nitrogens with zero attached hydrogens (tertiary/aromatic N) is 4. The van der Waals surface area contributed by atoms with Gasteiger partial charge in [-0.2, -0.15) is 5.10 Å². The van der Waals surface area contributed by atoms with E-state index in [4.69, 9.17) is 0 Å². The number of fused-ring (bicyclic) bond motifs is 4. The summed E-state index contributed by atoms with van der Waals surface area (Å²) in [7, 11) is 0. The first kappa shape index (κ1) is 17.4. The van der Waals surface area contributed by atoms with Gasteiger partial charge in [0.15, 0.2) is 0 Å². The highest BCUT2D eigenvalue weighted by Crippen LogP contribution is 2.33. The summed E-state index contributed by atoms with van der Waals surface area (Å²) in [6.07, 6.45) is 11.1. The van der Waals surface area contributed by atoms with Gasteiger partial charge in [0.25, 0.3) is 0 Å².